The van der Waals surface area contributed by atoms with E-state index in [1.54, 1.807) is 7.11 Å². The number of aryl methyl sites for hydroxylation is 1. The van der Waals surface area contributed by atoms with Crippen LogP contribution in [0.4, 0.5) is 0 Å². The Hall–Kier alpha value is -3.85. The highest BCUT2D eigenvalue weighted by molar-refractivity contribution is 5.87. The Bertz CT molecular complexity index is 1200. The van der Waals surface area contributed by atoms with Crippen LogP contribution in [0.3, 0.4) is 0 Å². The van der Waals surface area contributed by atoms with E-state index in [4.69, 9.17) is 4.74 Å². The van der Waals surface area contributed by atoms with E-state index in [1.165, 1.54) is 11.1 Å². The number of amides is 1. The van der Waals surface area contributed by atoms with Crippen LogP contribution >= 0.6 is 0 Å². The van der Waals surface area contributed by atoms with Gasteiger partial charge in [0.25, 0.3) is 0 Å². The molecule has 0 saturated carbocycles. The summed E-state index contributed by atoms with van der Waals surface area (Å²) in [6.07, 6.45) is 1.96. The summed E-state index contributed by atoms with van der Waals surface area (Å²) >= 11 is 0. The number of hydrogen-bond acceptors (Lipinski definition) is 2. The Morgan fingerprint density at radius 1 is 0.824 bits per heavy atom. The Kier molecular flexibility index (Phi) is 6.44. The lowest BCUT2D eigenvalue weighted by atomic mass is 9.75. The van der Waals surface area contributed by atoms with E-state index in [-0.39, 0.29) is 23.8 Å². The zero-order chi connectivity index (χ0) is 23.3. The summed E-state index contributed by atoms with van der Waals surface area (Å²) in [5.74, 6) is 0.639. The predicted octanol–water partition coefficient (Wildman–Crippen LogP) is 6.41. The van der Waals surface area contributed by atoms with Gasteiger partial charge in [0.05, 0.1) is 19.1 Å². The molecule has 1 aliphatic rings. The molecule has 1 aliphatic carbocycles. The summed E-state index contributed by atoms with van der Waals surface area (Å²) < 4.78 is 5.55. The third-order valence-corrected chi connectivity index (χ3v) is 6.87. The average Bonchev–Trinajstić information content (AvgIpc) is 2.90. The van der Waals surface area contributed by atoms with Crippen molar-refractivity contribution in [2.24, 2.45) is 0 Å². The van der Waals surface area contributed by atoms with E-state index in [1.807, 2.05) is 72.8 Å². The number of nitrogens with one attached hydrogen (secondary N) is 1. The molecule has 0 unspecified atom stereocenters. The van der Waals surface area contributed by atoms with Gasteiger partial charge in [-0.15, -0.1) is 0 Å². The molecule has 0 spiro atoms. The number of benzene rings is 4. The summed E-state index contributed by atoms with van der Waals surface area (Å²) in [4.78, 5) is 14.0. The van der Waals surface area contributed by atoms with Crippen LogP contribution in [0.2, 0.25) is 0 Å². The molecule has 0 aliphatic heterocycles. The Morgan fingerprint density at radius 2 is 1.41 bits per heavy atom. The van der Waals surface area contributed by atoms with Crippen LogP contribution in [0.25, 0.3) is 0 Å². The first kappa shape index (κ1) is 22.0. The quantitative estimate of drug-likeness (QED) is 0.371. The molecule has 0 heterocycles. The lowest BCUT2D eigenvalue weighted by molar-refractivity contribution is -0.122. The number of carbonyl (C=O) groups is 1. The molecule has 170 valence electrons. The second-order valence-electron chi connectivity index (χ2n) is 8.86. The molecule has 1 N–H and O–H groups in total. The fourth-order valence-corrected chi connectivity index (χ4v) is 5.17. The summed E-state index contributed by atoms with van der Waals surface area (Å²) in [7, 11) is 1.69. The monoisotopic (exact) mass is 447 g/mol. The molecule has 0 fully saturated rings. The first-order valence-electron chi connectivity index (χ1n) is 11.9. The average molecular weight is 448 g/mol. The number of fused-ring (bicyclic) bond motifs is 1. The summed E-state index contributed by atoms with van der Waals surface area (Å²) in [6.45, 7) is 0. The van der Waals surface area contributed by atoms with E-state index in [9.17, 15) is 4.79 Å². The van der Waals surface area contributed by atoms with Gasteiger partial charge in [-0.2, -0.15) is 0 Å². The molecule has 0 radical (unpaired) electrons. The standard InChI is InChI=1S/C31H29NO2/c1-34-26-19-17-23-18-20-27(22-11-5-2-6-12-22)30(28(23)21-26)32-31(33)29(24-13-7-3-8-14-24)25-15-9-4-10-16-25/h2-17,19,21,27,29-30H,18,20H2,1H3,(H,32,33)/t27-,30+/m0/s1. The summed E-state index contributed by atoms with van der Waals surface area (Å²) in [5, 5.41) is 3.48. The van der Waals surface area contributed by atoms with Crippen molar-refractivity contribution < 1.29 is 9.53 Å². The fraction of sp³-hybridized carbons (Fsp3) is 0.194. The summed E-state index contributed by atoms with van der Waals surface area (Å²) in [5.41, 5.74) is 5.65. The number of hydrogen-bond donors (Lipinski definition) is 1. The molecule has 4 aromatic rings. The van der Waals surface area contributed by atoms with Gasteiger partial charge in [0.15, 0.2) is 0 Å². The smallest absolute Gasteiger partial charge is 0.232 e. The molecule has 4 aromatic carbocycles. The van der Waals surface area contributed by atoms with Crippen LogP contribution in [-0.2, 0) is 11.2 Å². The van der Waals surface area contributed by atoms with Crippen molar-refractivity contribution in [1.29, 1.82) is 0 Å². The lowest BCUT2D eigenvalue weighted by Crippen LogP contribution is -2.38. The van der Waals surface area contributed by atoms with E-state index in [2.05, 4.69) is 41.7 Å². The van der Waals surface area contributed by atoms with Gasteiger partial charge in [0.2, 0.25) is 5.91 Å². The van der Waals surface area contributed by atoms with Gasteiger partial charge in [0.1, 0.15) is 5.75 Å². The number of ether oxygens (including phenoxy) is 1. The van der Waals surface area contributed by atoms with Crippen molar-refractivity contribution in [2.45, 2.75) is 30.7 Å². The minimum absolute atomic E-state index is 0.0130. The lowest BCUT2D eigenvalue weighted by Gasteiger charge is -2.36. The molecule has 5 rings (SSSR count). The number of carbonyl (C=O) groups excluding carboxylic acids is 1. The highest BCUT2D eigenvalue weighted by atomic mass is 16.5. The highest BCUT2D eigenvalue weighted by Crippen LogP contribution is 2.42. The second kappa shape index (κ2) is 9.96. The minimum Gasteiger partial charge on any atom is -0.497 e. The highest BCUT2D eigenvalue weighted by Gasteiger charge is 2.34. The van der Waals surface area contributed by atoms with Gasteiger partial charge in [-0.1, -0.05) is 97.1 Å². The van der Waals surface area contributed by atoms with Gasteiger partial charge >= 0.3 is 0 Å². The van der Waals surface area contributed by atoms with Gasteiger partial charge in [-0.25, -0.2) is 0 Å². The Morgan fingerprint density at radius 3 is 2.00 bits per heavy atom. The van der Waals surface area contributed by atoms with Crippen molar-refractivity contribution >= 4 is 5.91 Å². The van der Waals surface area contributed by atoms with E-state index in [0.29, 0.717) is 0 Å². The first-order valence-corrected chi connectivity index (χ1v) is 11.9. The molecular formula is C31H29NO2. The van der Waals surface area contributed by atoms with E-state index in [0.717, 1.165) is 35.3 Å². The van der Waals surface area contributed by atoms with Crippen molar-refractivity contribution in [1.82, 2.24) is 5.32 Å². The minimum atomic E-state index is -0.380. The SMILES string of the molecule is COc1ccc2c(c1)[C@H](NC(=O)C(c1ccccc1)c1ccccc1)[C@H](c1ccccc1)CC2. The fourth-order valence-electron chi connectivity index (χ4n) is 5.17. The van der Waals surface area contributed by atoms with Crippen molar-refractivity contribution in [2.75, 3.05) is 7.11 Å². The zero-order valence-electron chi connectivity index (χ0n) is 19.4. The van der Waals surface area contributed by atoms with Crippen molar-refractivity contribution in [3.63, 3.8) is 0 Å². The zero-order valence-corrected chi connectivity index (χ0v) is 19.4. The summed E-state index contributed by atoms with van der Waals surface area (Å²) in [6, 6.07) is 36.7. The molecule has 2 atom stereocenters. The molecular weight excluding hydrogens is 418 g/mol. The van der Waals surface area contributed by atoms with Crippen LogP contribution < -0.4 is 10.1 Å². The third-order valence-electron chi connectivity index (χ3n) is 6.87. The maximum atomic E-state index is 14.0. The maximum absolute atomic E-state index is 14.0. The largest absolute Gasteiger partial charge is 0.497 e. The number of rotatable bonds is 6. The predicted molar refractivity (Wildman–Crippen MR) is 136 cm³/mol. The van der Waals surface area contributed by atoms with Gasteiger partial charge < -0.3 is 10.1 Å². The molecule has 0 bridgehead atoms. The van der Waals surface area contributed by atoms with Crippen LogP contribution in [0.1, 0.15) is 52.1 Å². The molecule has 3 heteroatoms. The van der Waals surface area contributed by atoms with E-state index < -0.39 is 0 Å². The van der Waals surface area contributed by atoms with E-state index >= 15 is 0 Å². The van der Waals surface area contributed by atoms with Crippen LogP contribution in [0.5, 0.6) is 5.75 Å². The van der Waals surface area contributed by atoms with Crippen LogP contribution in [0.15, 0.2) is 109 Å². The third kappa shape index (κ3) is 4.47. The van der Waals surface area contributed by atoms with Crippen molar-refractivity contribution in [3.05, 3.63) is 137 Å². The first-order chi connectivity index (χ1) is 16.7. The Labute approximate surface area is 201 Å². The number of methoxy groups -OCH3 is 1. The molecule has 1 amide bonds. The van der Waals surface area contributed by atoms with Gasteiger partial charge in [-0.05, 0) is 52.8 Å². The molecule has 34 heavy (non-hydrogen) atoms. The topological polar surface area (TPSA) is 38.3 Å². The van der Waals surface area contributed by atoms with Gasteiger partial charge in [-0.3, -0.25) is 4.79 Å². The van der Waals surface area contributed by atoms with Crippen LogP contribution in [0, 0.1) is 0 Å². The Balaban J connectivity index is 1.56. The second-order valence-corrected chi connectivity index (χ2v) is 8.86. The van der Waals surface area contributed by atoms with Crippen molar-refractivity contribution in [3.8, 4) is 5.75 Å². The van der Waals surface area contributed by atoms with Crippen LogP contribution in [-0.4, -0.2) is 13.0 Å². The maximum Gasteiger partial charge on any atom is 0.232 e. The normalized spacial score (nSPS) is 17.1. The molecule has 0 aromatic heterocycles. The molecule has 3 nitrogen and oxygen atoms in total. The van der Waals surface area contributed by atoms with Gasteiger partial charge in [0, 0.05) is 5.92 Å². The molecule has 0 saturated heterocycles.